The van der Waals surface area contributed by atoms with E-state index in [1.165, 1.54) is 16.7 Å². The van der Waals surface area contributed by atoms with Crippen LogP contribution in [-0.4, -0.2) is 66.4 Å². The molecule has 2 saturated heterocycles. The van der Waals surface area contributed by atoms with Gasteiger partial charge >= 0.3 is 0 Å². The number of carbonyl (C=O) groups excluding carboxylic acids is 2. The van der Waals surface area contributed by atoms with Crippen LogP contribution in [0, 0.1) is 12.8 Å². The van der Waals surface area contributed by atoms with Crippen molar-refractivity contribution in [1.29, 1.82) is 0 Å². The number of ether oxygens (including phenoxy) is 2. The molecule has 2 N–H and O–H groups in total. The van der Waals surface area contributed by atoms with Crippen molar-refractivity contribution < 1.29 is 19.1 Å². The minimum atomic E-state index is -0.466. The van der Waals surface area contributed by atoms with E-state index in [2.05, 4.69) is 53.4 Å². The van der Waals surface area contributed by atoms with Gasteiger partial charge in [-0.3, -0.25) is 9.59 Å². The zero-order chi connectivity index (χ0) is 29.7. The summed E-state index contributed by atoms with van der Waals surface area (Å²) in [6, 6.07) is 14.9. The van der Waals surface area contributed by atoms with Crippen molar-refractivity contribution in [3.63, 3.8) is 0 Å². The molecule has 4 heterocycles. The third-order valence-electron chi connectivity index (χ3n) is 11.6. The molecule has 8 nitrogen and oxygen atoms in total. The van der Waals surface area contributed by atoms with Crippen molar-refractivity contribution in [3.8, 4) is 11.5 Å². The predicted molar refractivity (Wildman–Crippen MR) is 163 cm³/mol. The number of amides is 2. The normalized spacial score (nSPS) is 28.0. The number of likely N-dealkylation sites (N-methyl/N-ethyl adjacent to an activating group) is 1. The first-order valence-corrected chi connectivity index (χ1v) is 15.7. The summed E-state index contributed by atoms with van der Waals surface area (Å²) < 4.78 is 12.7. The lowest BCUT2D eigenvalue weighted by Gasteiger charge is -2.57. The molecular formula is C35H40N4O4. The summed E-state index contributed by atoms with van der Waals surface area (Å²) in [7, 11) is 3.98. The lowest BCUT2D eigenvalue weighted by molar-refractivity contribution is -0.121. The monoisotopic (exact) mass is 580 g/mol. The number of hydrogen-bond donors (Lipinski definition) is 2. The number of piperidine rings is 2. The lowest BCUT2D eigenvalue weighted by atomic mass is 9.51. The fraction of sp³-hybridized carbons (Fsp3) is 0.486. The number of benzene rings is 2. The van der Waals surface area contributed by atoms with Gasteiger partial charge in [-0.25, -0.2) is 0 Å². The van der Waals surface area contributed by atoms with Gasteiger partial charge in [-0.1, -0.05) is 36.4 Å². The molecule has 224 valence electrons. The van der Waals surface area contributed by atoms with Crippen molar-refractivity contribution in [2.45, 2.75) is 69.1 Å². The van der Waals surface area contributed by atoms with Crippen LogP contribution < -0.4 is 14.8 Å². The summed E-state index contributed by atoms with van der Waals surface area (Å²) in [5, 5.41) is 3.23. The molecule has 3 aromatic rings. The number of hydrogen-bond acceptors (Lipinski definition) is 5. The molecule has 1 aromatic heterocycles. The summed E-state index contributed by atoms with van der Waals surface area (Å²) >= 11 is 0. The van der Waals surface area contributed by atoms with E-state index < -0.39 is 5.54 Å². The molecule has 1 unspecified atom stereocenters. The number of rotatable bonds is 4. The standard InChI is InChI=1S/C35H40N4O4/c1-20-24-19-25-26-18-22-10-11-27(42-4)31-28(22)35(25,14-15-38(26)3)32(43-31)30(24)36-29(20)33(41)39-16-12-34(13-17-39,37-21(2)40)23-8-6-5-7-9-23/h5-11,25-26,32,36H,12-19H2,1-4H3,(H,37,40)/t25-,26-,32-,35?/m0/s1. The van der Waals surface area contributed by atoms with Crippen LogP contribution in [-0.2, 0) is 28.6 Å². The van der Waals surface area contributed by atoms with E-state index in [0.29, 0.717) is 43.6 Å². The summed E-state index contributed by atoms with van der Waals surface area (Å²) in [5.74, 6) is 2.10. The molecule has 3 aliphatic heterocycles. The van der Waals surface area contributed by atoms with Crippen LogP contribution in [0.15, 0.2) is 42.5 Å². The SMILES string of the molecule is COc1ccc2c3c1O[C@H]1c4[nH]c(C(=O)N5CCC(NC(C)=O)(c6ccccc6)CC5)c(C)c4C[C@H]4[C@H](C2)N(C)CCC314. The van der Waals surface area contributed by atoms with Gasteiger partial charge in [0.2, 0.25) is 5.91 Å². The maximum Gasteiger partial charge on any atom is 0.270 e. The van der Waals surface area contributed by atoms with Crippen molar-refractivity contribution in [1.82, 2.24) is 20.1 Å². The van der Waals surface area contributed by atoms with Gasteiger partial charge in [-0.15, -0.1) is 0 Å². The largest absolute Gasteiger partial charge is 0.493 e. The quantitative estimate of drug-likeness (QED) is 0.478. The summed E-state index contributed by atoms with van der Waals surface area (Å²) in [6.07, 6.45) is 4.17. The van der Waals surface area contributed by atoms with E-state index in [1.807, 2.05) is 23.1 Å². The van der Waals surface area contributed by atoms with Gasteiger partial charge in [0.05, 0.1) is 18.3 Å². The highest BCUT2D eigenvalue weighted by atomic mass is 16.5. The summed E-state index contributed by atoms with van der Waals surface area (Å²) in [6.45, 7) is 5.85. The van der Waals surface area contributed by atoms with Gasteiger partial charge in [0.15, 0.2) is 11.5 Å². The number of fused-ring (bicyclic) bond motifs is 2. The van der Waals surface area contributed by atoms with Gasteiger partial charge in [0.1, 0.15) is 11.8 Å². The van der Waals surface area contributed by atoms with Crippen LogP contribution in [0.3, 0.4) is 0 Å². The van der Waals surface area contributed by atoms with Crippen LogP contribution in [0.5, 0.6) is 11.5 Å². The molecule has 0 saturated carbocycles. The Balaban J connectivity index is 1.14. The molecule has 1 spiro atoms. The number of H-pyrrole nitrogens is 1. The fourth-order valence-corrected chi connectivity index (χ4v) is 9.48. The second-order valence-corrected chi connectivity index (χ2v) is 13.4. The Labute approximate surface area is 252 Å². The van der Waals surface area contributed by atoms with E-state index in [0.717, 1.165) is 54.1 Å². The average Bonchev–Trinajstić information content (AvgIpc) is 3.53. The number of nitrogens with zero attached hydrogens (tertiary/aromatic N) is 2. The van der Waals surface area contributed by atoms with Gasteiger partial charge in [-0.05, 0) is 86.9 Å². The number of aromatic nitrogens is 1. The maximum atomic E-state index is 14.2. The molecule has 2 fully saturated rings. The Morgan fingerprint density at radius 2 is 1.81 bits per heavy atom. The average molecular weight is 581 g/mol. The Morgan fingerprint density at radius 1 is 1.05 bits per heavy atom. The van der Waals surface area contributed by atoms with E-state index in [9.17, 15) is 9.59 Å². The molecule has 43 heavy (non-hydrogen) atoms. The first-order valence-electron chi connectivity index (χ1n) is 15.7. The summed E-state index contributed by atoms with van der Waals surface area (Å²) in [5.41, 5.74) is 7.29. The molecule has 4 atom stereocenters. The van der Waals surface area contributed by atoms with Crippen molar-refractivity contribution in [2.24, 2.45) is 5.92 Å². The van der Waals surface area contributed by atoms with Crippen LogP contribution in [0.4, 0.5) is 0 Å². The van der Waals surface area contributed by atoms with Gasteiger partial charge in [0, 0.05) is 37.0 Å². The number of likely N-dealkylation sites (tertiary alicyclic amines) is 2. The molecule has 0 radical (unpaired) electrons. The highest BCUT2D eigenvalue weighted by Gasteiger charge is 2.65. The number of carbonyl (C=O) groups is 2. The van der Waals surface area contributed by atoms with Gasteiger partial charge < -0.3 is 29.6 Å². The first kappa shape index (κ1) is 26.8. The predicted octanol–water partition coefficient (Wildman–Crippen LogP) is 4.40. The highest BCUT2D eigenvalue weighted by molar-refractivity contribution is 5.95. The molecule has 5 aliphatic rings. The smallest absolute Gasteiger partial charge is 0.270 e. The summed E-state index contributed by atoms with van der Waals surface area (Å²) in [4.78, 5) is 34.6. The van der Waals surface area contributed by atoms with Crippen molar-refractivity contribution in [2.75, 3.05) is 33.8 Å². The molecule has 2 amide bonds. The number of aromatic amines is 1. The number of methoxy groups -OCH3 is 1. The topological polar surface area (TPSA) is 86.9 Å². The van der Waals surface area contributed by atoms with Crippen LogP contribution in [0.1, 0.15) is 76.3 Å². The third-order valence-corrected chi connectivity index (χ3v) is 11.6. The zero-order valence-corrected chi connectivity index (χ0v) is 25.5. The molecule has 2 aromatic carbocycles. The van der Waals surface area contributed by atoms with E-state index in [4.69, 9.17) is 9.47 Å². The van der Waals surface area contributed by atoms with E-state index in [1.54, 1.807) is 14.0 Å². The van der Waals surface area contributed by atoms with E-state index >= 15 is 0 Å². The maximum absolute atomic E-state index is 14.2. The zero-order valence-electron chi connectivity index (χ0n) is 25.5. The van der Waals surface area contributed by atoms with Gasteiger partial charge in [0.25, 0.3) is 5.91 Å². The first-order chi connectivity index (χ1) is 20.8. The Bertz CT molecular complexity index is 1640. The second-order valence-electron chi connectivity index (χ2n) is 13.4. The minimum absolute atomic E-state index is 0.0331. The van der Waals surface area contributed by atoms with Crippen LogP contribution in [0.25, 0.3) is 0 Å². The molecule has 2 bridgehead atoms. The number of nitrogens with one attached hydrogen (secondary N) is 2. The van der Waals surface area contributed by atoms with E-state index in [-0.39, 0.29) is 23.3 Å². The Hall–Kier alpha value is -3.78. The fourth-order valence-electron chi connectivity index (χ4n) is 9.48. The lowest BCUT2D eigenvalue weighted by Crippen LogP contribution is -2.62. The molecule has 2 aliphatic carbocycles. The minimum Gasteiger partial charge on any atom is -0.493 e. The van der Waals surface area contributed by atoms with Crippen LogP contribution >= 0.6 is 0 Å². The third kappa shape index (κ3) is 3.59. The Kier molecular flexibility index (Phi) is 5.84. The second kappa shape index (κ2) is 9.36. The Morgan fingerprint density at radius 3 is 2.53 bits per heavy atom. The van der Waals surface area contributed by atoms with Crippen molar-refractivity contribution >= 4 is 11.8 Å². The molecule has 8 rings (SSSR count). The molecular weight excluding hydrogens is 540 g/mol. The molecule has 8 heteroatoms. The van der Waals surface area contributed by atoms with Crippen molar-refractivity contribution in [3.05, 3.63) is 81.7 Å². The highest BCUT2D eigenvalue weighted by Crippen LogP contribution is 2.67. The van der Waals surface area contributed by atoms with Gasteiger partial charge in [-0.2, -0.15) is 0 Å². The van der Waals surface area contributed by atoms with Crippen LogP contribution in [0.2, 0.25) is 0 Å².